The van der Waals surface area contributed by atoms with Gasteiger partial charge in [0.05, 0.1) is 6.61 Å². The van der Waals surface area contributed by atoms with Crippen molar-refractivity contribution in [3.63, 3.8) is 0 Å². The van der Waals surface area contributed by atoms with Crippen molar-refractivity contribution in [1.29, 1.82) is 0 Å². The highest BCUT2D eigenvalue weighted by Gasteiger charge is 2.68. The Morgan fingerprint density at radius 1 is 1.13 bits per heavy atom. The van der Waals surface area contributed by atoms with Crippen LogP contribution in [0.5, 0.6) is 0 Å². The van der Waals surface area contributed by atoms with Crippen LogP contribution in [0.1, 0.15) is 39.2 Å². The molecule has 0 spiro atoms. The number of amides is 2. The van der Waals surface area contributed by atoms with E-state index < -0.39 is 23.7 Å². The Morgan fingerprint density at radius 2 is 1.81 bits per heavy atom. The number of piperidine rings is 1. The zero-order valence-corrected chi connectivity index (χ0v) is 18.9. The highest BCUT2D eigenvalue weighted by atomic mass is 16.6. The molecule has 1 aliphatic heterocycles. The molecule has 0 aromatic heterocycles. The van der Waals surface area contributed by atoms with Crippen molar-refractivity contribution in [2.75, 3.05) is 27.3 Å². The van der Waals surface area contributed by atoms with Gasteiger partial charge >= 0.3 is 12.1 Å². The molecule has 31 heavy (non-hydrogen) atoms. The summed E-state index contributed by atoms with van der Waals surface area (Å²) >= 11 is 0. The van der Waals surface area contributed by atoms with Crippen molar-refractivity contribution in [1.82, 2.24) is 9.80 Å². The fourth-order valence-corrected chi connectivity index (χ4v) is 3.92. The third-order valence-electron chi connectivity index (χ3n) is 5.63. The maximum Gasteiger partial charge on any atom is 0.411 e. The minimum Gasteiger partial charge on any atom is -0.459 e. The van der Waals surface area contributed by atoms with Gasteiger partial charge in [-0.05, 0) is 39.2 Å². The van der Waals surface area contributed by atoms with Crippen LogP contribution in [-0.4, -0.2) is 72.8 Å². The molecular weight excluding hydrogens is 400 g/mol. The van der Waals surface area contributed by atoms with Crippen LogP contribution >= 0.6 is 0 Å². The Bertz CT molecular complexity index is 819. The maximum absolute atomic E-state index is 12.9. The van der Waals surface area contributed by atoms with Gasteiger partial charge in [0, 0.05) is 25.6 Å². The first-order chi connectivity index (χ1) is 14.5. The molecular formula is C23H32N2O6. The fraction of sp³-hybridized carbons (Fsp3) is 0.609. The number of likely N-dealkylation sites (N-methyl/N-ethyl adjacent to an activating group) is 1. The third kappa shape index (κ3) is 5.55. The lowest BCUT2D eigenvalue weighted by Gasteiger charge is -2.29. The van der Waals surface area contributed by atoms with Gasteiger partial charge in [0.25, 0.3) is 0 Å². The summed E-state index contributed by atoms with van der Waals surface area (Å²) in [7, 11) is 3.34. The van der Waals surface area contributed by atoms with E-state index in [1.165, 1.54) is 9.80 Å². The van der Waals surface area contributed by atoms with E-state index in [0.29, 0.717) is 19.4 Å². The van der Waals surface area contributed by atoms with Crippen LogP contribution in [0.2, 0.25) is 0 Å². The molecule has 1 aromatic rings. The summed E-state index contributed by atoms with van der Waals surface area (Å²) in [6.45, 7) is 5.79. The standard InChI is InChI=1S/C23H32N2O6/c1-22(2,3)31-21(28)25-17(20(27)30-13-16-9-7-6-8-10-16)11-23(12-18(23)25)15-29-14-19(26)24(4)5/h6-10,17-18H,11-15H2,1-5H3/t17-,18+,23-/m0/s1. The highest BCUT2D eigenvalue weighted by molar-refractivity contribution is 5.83. The lowest BCUT2D eigenvalue weighted by molar-refractivity contribution is -0.151. The van der Waals surface area contributed by atoms with E-state index in [2.05, 4.69) is 0 Å². The number of hydrogen-bond acceptors (Lipinski definition) is 6. The summed E-state index contributed by atoms with van der Waals surface area (Å²) < 4.78 is 16.7. The molecule has 2 fully saturated rings. The number of hydrogen-bond donors (Lipinski definition) is 0. The van der Waals surface area contributed by atoms with Crippen molar-refractivity contribution >= 4 is 18.0 Å². The first-order valence-corrected chi connectivity index (χ1v) is 10.5. The molecule has 2 amide bonds. The van der Waals surface area contributed by atoms with Crippen molar-refractivity contribution < 1.29 is 28.6 Å². The van der Waals surface area contributed by atoms with E-state index in [9.17, 15) is 14.4 Å². The largest absolute Gasteiger partial charge is 0.459 e. The Labute approximate surface area is 183 Å². The second-order valence-electron chi connectivity index (χ2n) is 9.56. The third-order valence-corrected chi connectivity index (χ3v) is 5.63. The Balaban J connectivity index is 1.67. The number of ether oxygens (including phenoxy) is 3. The second kappa shape index (κ2) is 8.86. The van der Waals surface area contributed by atoms with Crippen molar-refractivity contribution in [2.45, 2.75) is 57.9 Å². The molecule has 1 aromatic carbocycles. The summed E-state index contributed by atoms with van der Waals surface area (Å²) in [6.07, 6.45) is 0.619. The van der Waals surface area contributed by atoms with Crippen LogP contribution < -0.4 is 0 Å². The monoisotopic (exact) mass is 432 g/mol. The first kappa shape index (κ1) is 23.1. The van der Waals surface area contributed by atoms with Gasteiger partial charge in [-0.25, -0.2) is 9.59 Å². The van der Waals surface area contributed by atoms with Crippen LogP contribution in [0.3, 0.4) is 0 Å². The maximum atomic E-state index is 12.9. The molecule has 1 heterocycles. The molecule has 0 bridgehead atoms. The van der Waals surface area contributed by atoms with Gasteiger partial charge in [0.15, 0.2) is 0 Å². The molecule has 1 saturated carbocycles. The lowest BCUT2D eigenvalue weighted by Crippen LogP contribution is -2.46. The van der Waals surface area contributed by atoms with E-state index in [4.69, 9.17) is 14.2 Å². The van der Waals surface area contributed by atoms with Crippen LogP contribution in [0, 0.1) is 5.41 Å². The summed E-state index contributed by atoms with van der Waals surface area (Å²) in [6, 6.07) is 8.51. The SMILES string of the molecule is CN(C)C(=O)COC[C@@]12C[C@@H](C(=O)OCc3ccccc3)N(C(=O)OC(C)(C)C)[C@@H]1C2. The second-order valence-corrected chi connectivity index (χ2v) is 9.56. The van der Waals surface area contributed by atoms with Crippen molar-refractivity contribution in [3.05, 3.63) is 35.9 Å². The van der Waals surface area contributed by atoms with E-state index in [1.54, 1.807) is 34.9 Å². The zero-order valence-electron chi connectivity index (χ0n) is 18.9. The molecule has 3 rings (SSSR count). The number of benzene rings is 1. The number of likely N-dealkylation sites (tertiary alicyclic amines) is 1. The van der Waals surface area contributed by atoms with Crippen LogP contribution in [-0.2, 0) is 30.4 Å². The van der Waals surface area contributed by atoms with E-state index in [0.717, 1.165) is 5.56 Å². The number of fused-ring (bicyclic) bond motifs is 1. The summed E-state index contributed by atoms with van der Waals surface area (Å²) in [4.78, 5) is 40.6. The number of rotatable bonds is 7. The summed E-state index contributed by atoms with van der Waals surface area (Å²) in [5.41, 5.74) is -0.146. The molecule has 0 unspecified atom stereocenters. The summed E-state index contributed by atoms with van der Waals surface area (Å²) in [5.74, 6) is -0.583. The molecule has 8 heteroatoms. The van der Waals surface area contributed by atoms with Crippen LogP contribution in [0.15, 0.2) is 30.3 Å². The van der Waals surface area contributed by atoms with Crippen LogP contribution in [0.25, 0.3) is 0 Å². The van der Waals surface area contributed by atoms with Gasteiger partial charge in [-0.3, -0.25) is 9.69 Å². The van der Waals surface area contributed by atoms with Gasteiger partial charge in [0.2, 0.25) is 5.91 Å². The van der Waals surface area contributed by atoms with Gasteiger partial charge in [-0.2, -0.15) is 0 Å². The zero-order chi connectivity index (χ0) is 22.8. The van der Waals surface area contributed by atoms with Gasteiger partial charge in [0.1, 0.15) is 24.9 Å². The number of nitrogens with zero attached hydrogens (tertiary/aromatic N) is 2. The predicted octanol–water partition coefficient (Wildman–Crippen LogP) is 2.60. The molecule has 3 atom stereocenters. The molecule has 1 aliphatic carbocycles. The number of carbonyl (C=O) groups is 3. The normalized spacial score (nSPS) is 24.4. The minimum atomic E-state index is -0.731. The first-order valence-electron chi connectivity index (χ1n) is 10.5. The average molecular weight is 433 g/mol. The van der Waals surface area contributed by atoms with Gasteiger partial charge in [-0.15, -0.1) is 0 Å². The van der Waals surface area contributed by atoms with E-state index >= 15 is 0 Å². The Morgan fingerprint density at radius 3 is 2.42 bits per heavy atom. The minimum absolute atomic E-state index is 0.0307. The van der Waals surface area contributed by atoms with E-state index in [1.807, 2.05) is 30.3 Å². The molecule has 0 radical (unpaired) electrons. The van der Waals surface area contributed by atoms with Crippen molar-refractivity contribution in [3.8, 4) is 0 Å². The predicted molar refractivity (Wildman–Crippen MR) is 113 cm³/mol. The topological polar surface area (TPSA) is 85.4 Å². The molecule has 170 valence electrons. The smallest absolute Gasteiger partial charge is 0.411 e. The number of carbonyl (C=O) groups excluding carboxylic acids is 3. The molecule has 2 aliphatic rings. The molecule has 1 saturated heterocycles. The Kier molecular flexibility index (Phi) is 6.59. The molecule has 0 N–H and O–H groups in total. The van der Waals surface area contributed by atoms with Crippen LogP contribution in [0.4, 0.5) is 4.79 Å². The van der Waals surface area contributed by atoms with Gasteiger partial charge in [-0.1, -0.05) is 30.3 Å². The van der Waals surface area contributed by atoms with Crippen molar-refractivity contribution in [2.24, 2.45) is 5.41 Å². The average Bonchev–Trinajstić information content (AvgIpc) is 3.28. The van der Waals surface area contributed by atoms with E-state index in [-0.39, 0.29) is 30.6 Å². The highest BCUT2D eigenvalue weighted by Crippen LogP contribution is 2.60. The fourth-order valence-electron chi connectivity index (χ4n) is 3.92. The molecule has 8 nitrogen and oxygen atoms in total. The quantitative estimate of drug-likeness (QED) is 0.616. The summed E-state index contributed by atoms with van der Waals surface area (Å²) in [5, 5.41) is 0. The Hall–Kier alpha value is -2.61. The lowest BCUT2D eigenvalue weighted by atomic mass is 10.0. The van der Waals surface area contributed by atoms with Gasteiger partial charge < -0.3 is 19.1 Å². The number of esters is 1.